The molecule has 0 unspecified atom stereocenters. The van der Waals surface area contributed by atoms with Crippen molar-refractivity contribution in [3.8, 4) is 17.4 Å². The Morgan fingerprint density at radius 3 is 2.28 bits per heavy atom. The van der Waals surface area contributed by atoms with Gasteiger partial charge in [-0.15, -0.1) is 0 Å². The van der Waals surface area contributed by atoms with Crippen LogP contribution in [-0.4, -0.2) is 19.1 Å². The fraction of sp³-hybridized carbons (Fsp3) is 0.105. The minimum Gasteiger partial charge on any atom is -0.419 e. The van der Waals surface area contributed by atoms with Gasteiger partial charge in [0.2, 0.25) is 5.75 Å². The first-order chi connectivity index (χ1) is 13.9. The Bertz CT molecular complexity index is 1260. The van der Waals surface area contributed by atoms with E-state index in [9.17, 15) is 22.4 Å². The van der Waals surface area contributed by atoms with Crippen LogP contribution >= 0.6 is 0 Å². The van der Waals surface area contributed by atoms with Gasteiger partial charge in [-0.1, -0.05) is 0 Å². The lowest BCUT2D eigenvalue weighted by molar-refractivity contribution is 0.368. The van der Waals surface area contributed by atoms with Crippen molar-refractivity contribution in [1.29, 1.82) is 0 Å². The smallest absolute Gasteiger partial charge is 0.311 e. The van der Waals surface area contributed by atoms with Gasteiger partial charge in [0.1, 0.15) is 11.6 Å². The second-order valence-electron chi connectivity index (χ2n) is 6.01. The van der Waals surface area contributed by atoms with Gasteiger partial charge >= 0.3 is 6.01 Å². The summed E-state index contributed by atoms with van der Waals surface area (Å²) in [7, 11) is 0. The van der Waals surface area contributed by atoms with Crippen molar-refractivity contribution in [2.75, 3.05) is 0 Å². The van der Waals surface area contributed by atoms with Gasteiger partial charge in [-0.2, -0.15) is 4.98 Å². The van der Waals surface area contributed by atoms with Gasteiger partial charge < -0.3 is 9.30 Å². The van der Waals surface area contributed by atoms with Crippen LogP contribution in [0.2, 0.25) is 0 Å². The summed E-state index contributed by atoms with van der Waals surface area (Å²) < 4.78 is 62.4. The molecule has 0 fully saturated rings. The minimum absolute atomic E-state index is 0.0106. The molecule has 4 rings (SSSR count). The Kier molecular flexibility index (Phi) is 4.53. The molecular weight excluding hydrogens is 392 g/mol. The molecule has 0 N–H and O–H groups in total. The predicted octanol–water partition coefficient (Wildman–Crippen LogP) is 3.95. The summed E-state index contributed by atoms with van der Waals surface area (Å²) in [5.41, 5.74) is -0.432. The maximum atomic E-state index is 14.1. The zero-order valence-electron chi connectivity index (χ0n) is 14.9. The topological polar surface area (TPSA) is 61.9 Å². The Morgan fingerprint density at radius 1 is 1.00 bits per heavy atom. The first-order valence-corrected chi connectivity index (χ1v) is 8.45. The quantitative estimate of drug-likeness (QED) is 0.483. The normalized spacial score (nSPS) is 11.2. The molecule has 0 saturated heterocycles. The van der Waals surface area contributed by atoms with Gasteiger partial charge in [-0.05, 0) is 31.2 Å². The number of halogens is 4. The number of ether oxygens (including phenoxy) is 1. The number of hydrogen-bond donors (Lipinski definition) is 0. The fourth-order valence-electron chi connectivity index (χ4n) is 2.81. The summed E-state index contributed by atoms with van der Waals surface area (Å²) in [5, 5.41) is 0. The van der Waals surface area contributed by atoms with E-state index >= 15 is 0 Å². The van der Waals surface area contributed by atoms with E-state index in [1.807, 2.05) is 0 Å². The lowest BCUT2D eigenvalue weighted by atomic mass is 10.3. The van der Waals surface area contributed by atoms with Crippen LogP contribution in [0.5, 0.6) is 11.8 Å². The average molecular weight is 404 g/mol. The molecule has 2 heterocycles. The first-order valence-electron chi connectivity index (χ1n) is 8.45. The Hall–Kier alpha value is -3.69. The van der Waals surface area contributed by atoms with Crippen LogP contribution < -0.4 is 10.3 Å². The van der Waals surface area contributed by atoms with Crippen molar-refractivity contribution in [3.63, 3.8) is 0 Å². The average Bonchev–Trinajstić information content (AvgIpc) is 3.09. The molecule has 0 aliphatic carbocycles. The SMILES string of the molecule is CCn1cnc2c(=O)n(-c3ccc(F)cc3)c(Oc3c(F)cc(F)cc3F)nc21. The second-order valence-corrected chi connectivity index (χ2v) is 6.01. The highest BCUT2D eigenvalue weighted by Crippen LogP contribution is 2.29. The lowest BCUT2D eigenvalue weighted by Gasteiger charge is -2.14. The van der Waals surface area contributed by atoms with Crippen LogP contribution in [0, 0.1) is 23.3 Å². The molecule has 0 radical (unpaired) electrons. The Labute approximate surface area is 160 Å². The van der Waals surface area contributed by atoms with E-state index in [2.05, 4.69) is 9.97 Å². The number of hydrogen-bond acceptors (Lipinski definition) is 4. The maximum Gasteiger partial charge on any atom is 0.311 e. The minimum atomic E-state index is -1.31. The highest BCUT2D eigenvalue weighted by atomic mass is 19.1. The fourth-order valence-corrected chi connectivity index (χ4v) is 2.81. The largest absolute Gasteiger partial charge is 0.419 e. The molecule has 10 heteroatoms. The molecule has 0 spiro atoms. The summed E-state index contributed by atoms with van der Waals surface area (Å²) in [4.78, 5) is 21.2. The lowest BCUT2D eigenvalue weighted by Crippen LogP contribution is -2.22. The van der Waals surface area contributed by atoms with E-state index in [-0.39, 0.29) is 16.9 Å². The predicted molar refractivity (Wildman–Crippen MR) is 95.1 cm³/mol. The third-order valence-corrected chi connectivity index (χ3v) is 4.19. The maximum absolute atomic E-state index is 14.1. The van der Waals surface area contributed by atoms with Crippen LogP contribution in [-0.2, 0) is 6.54 Å². The summed E-state index contributed by atoms with van der Waals surface area (Å²) in [6.07, 6.45) is 1.39. The summed E-state index contributed by atoms with van der Waals surface area (Å²) in [6, 6.07) is 5.12. The molecule has 2 aromatic heterocycles. The number of nitrogens with zero attached hydrogens (tertiary/aromatic N) is 4. The van der Waals surface area contributed by atoms with E-state index in [0.29, 0.717) is 18.7 Å². The van der Waals surface area contributed by atoms with E-state index < -0.39 is 40.6 Å². The highest BCUT2D eigenvalue weighted by molar-refractivity contribution is 5.70. The third kappa shape index (κ3) is 3.22. The summed E-state index contributed by atoms with van der Waals surface area (Å²) >= 11 is 0. The second kappa shape index (κ2) is 7.04. The molecule has 148 valence electrons. The standard InChI is InChI=1S/C19H12F4N4O2/c1-2-26-9-24-15-17(26)25-19(29-16-13(22)7-11(21)8-14(16)23)27(18(15)28)12-5-3-10(20)4-6-12/h3-9H,2H2,1H3. The molecule has 2 aromatic carbocycles. The van der Waals surface area contributed by atoms with Gasteiger partial charge in [0.05, 0.1) is 12.0 Å². The number of benzene rings is 2. The number of fused-ring (bicyclic) bond motifs is 1. The molecule has 0 aliphatic rings. The van der Waals surface area contributed by atoms with E-state index in [1.54, 1.807) is 6.92 Å². The van der Waals surface area contributed by atoms with E-state index in [1.165, 1.54) is 23.0 Å². The number of aromatic nitrogens is 4. The zero-order chi connectivity index (χ0) is 20.7. The third-order valence-electron chi connectivity index (χ3n) is 4.19. The highest BCUT2D eigenvalue weighted by Gasteiger charge is 2.21. The number of aryl methyl sites for hydroxylation is 1. The van der Waals surface area contributed by atoms with Crippen molar-refractivity contribution in [2.45, 2.75) is 13.5 Å². The van der Waals surface area contributed by atoms with Crippen molar-refractivity contribution < 1.29 is 22.3 Å². The van der Waals surface area contributed by atoms with Crippen molar-refractivity contribution in [3.05, 3.63) is 76.3 Å². The molecule has 6 nitrogen and oxygen atoms in total. The van der Waals surface area contributed by atoms with Gasteiger partial charge in [-0.25, -0.2) is 27.1 Å². The Balaban J connectivity index is 1.99. The molecule has 29 heavy (non-hydrogen) atoms. The van der Waals surface area contributed by atoms with Gasteiger partial charge in [0.25, 0.3) is 5.56 Å². The molecule has 0 bridgehead atoms. The van der Waals surface area contributed by atoms with Crippen LogP contribution in [0.3, 0.4) is 0 Å². The molecule has 0 aliphatic heterocycles. The van der Waals surface area contributed by atoms with Gasteiger partial charge in [-0.3, -0.25) is 4.79 Å². The van der Waals surface area contributed by atoms with Crippen LogP contribution in [0.1, 0.15) is 6.92 Å². The summed E-state index contributed by atoms with van der Waals surface area (Å²) in [6.45, 7) is 2.20. The molecule has 4 aromatic rings. The van der Waals surface area contributed by atoms with Gasteiger partial charge in [0, 0.05) is 18.7 Å². The van der Waals surface area contributed by atoms with Gasteiger partial charge in [0.15, 0.2) is 22.8 Å². The van der Waals surface area contributed by atoms with E-state index in [0.717, 1.165) is 16.7 Å². The molecule has 0 saturated carbocycles. The first kappa shape index (κ1) is 18.7. The van der Waals surface area contributed by atoms with Crippen molar-refractivity contribution >= 4 is 11.2 Å². The zero-order valence-corrected chi connectivity index (χ0v) is 14.9. The Morgan fingerprint density at radius 2 is 1.66 bits per heavy atom. The molecule has 0 atom stereocenters. The van der Waals surface area contributed by atoms with Crippen LogP contribution in [0.15, 0.2) is 47.5 Å². The molecule has 0 amide bonds. The van der Waals surface area contributed by atoms with Crippen LogP contribution in [0.4, 0.5) is 17.6 Å². The van der Waals surface area contributed by atoms with Crippen molar-refractivity contribution in [1.82, 2.24) is 19.1 Å². The summed E-state index contributed by atoms with van der Waals surface area (Å²) in [5.74, 6) is -5.24. The number of rotatable bonds is 4. The van der Waals surface area contributed by atoms with Crippen molar-refractivity contribution in [2.24, 2.45) is 0 Å². The molecular formula is C19H12F4N4O2. The van der Waals surface area contributed by atoms with E-state index in [4.69, 9.17) is 4.74 Å². The van der Waals surface area contributed by atoms with Crippen LogP contribution in [0.25, 0.3) is 16.9 Å². The monoisotopic (exact) mass is 404 g/mol. The number of imidazole rings is 1.